The summed E-state index contributed by atoms with van der Waals surface area (Å²) in [6.07, 6.45) is -0.749. The summed E-state index contributed by atoms with van der Waals surface area (Å²) in [5.74, 6) is -0.300. The fourth-order valence-corrected chi connectivity index (χ4v) is 3.61. The Labute approximate surface area is 201 Å². The average Bonchev–Trinajstić information content (AvgIpc) is 2.82. The smallest absolute Gasteiger partial charge is 0.268 e. The Balaban J connectivity index is 1.46. The molecule has 174 valence electrons. The third-order valence-electron chi connectivity index (χ3n) is 5.01. The number of para-hydroxylation sites is 2. The Morgan fingerprint density at radius 3 is 2.44 bits per heavy atom. The van der Waals surface area contributed by atoms with Gasteiger partial charge >= 0.3 is 0 Å². The molecule has 0 saturated carbocycles. The molecule has 0 radical (unpaired) electrons. The summed E-state index contributed by atoms with van der Waals surface area (Å²) in [7, 11) is 0. The van der Waals surface area contributed by atoms with Gasteiger partial charge in [0.1, 0.15) is 18.0 Å². The summed E-state index contributed by atoms with van der Waals surface area (Å²) in [6, 6.07) is 20.7. The SMILES string of the molecule is CC1Oc2ccc(NC(=O)COc3ccccc3Cl)cc2N(CC(=O)Nc2ccccc2)C1=O. The lowest BCUT2D eigenvalue weighted by Gasteiger charge is -2.33. The van der Waals surface area contributed by atoms with Crippen LogP contribution in [0.3, 0.4) is 0 Å². The fraction of sp³-hybridized carbons (Fsp3) is 0.160. The Kier molecular flexibility index (Phi) is 6.98. The molecule has 3 amide bonds. The van der Waals surface area contributed by atoms with Crippen LogP contribution >= 0.6 is 11.6 Å². The number of benzene rings is 3. The van der Waals surface area contributed by atoms with Crippen molar-refractivity contribution in [1.29, 1.82) is 0 Å². The van der Waals surface area contributed by atoms with Crippen molar-refractivity contribution < 1.29 is 23.9 Å². The number of nitrogens with zero attached hydrogens (tertiary/aromatic N) is 1. The number of carbonyl (C=O) groups is 3. The number of hydrogen-bond donors (Lipinski definition) is 2. The van der Waals surface area contributed by atoms with Gasteiger partial charge in [-0.3, -0.25) is 19.3 Å². The molecule has 1 aliphatic rings. The van der Waals surface area contributed by atoms with Gasteiger partial charge in [0.25, 0.3) is 11.8 Å². The zero-order valence-electron chi connectivity index (χ0n) is 18.3. The van der Waals surface area contributed by atoms with Gasteiger partial charge in [-0.2, -0.15) is 0 Å². The minimum atomic E-state index is -0.749. The first kappa shape index (κ1) is 23.1. The van der Waals surface area contributed by atoms with E-state index in [0.717, 1.165) is 0 Å². The highest BCUT2D eigenvalue weighted by atomic mass is 35.5. The van der Waals surface area contributed by atoms with Crippen LogP contribution in [0.4, 0.5) is 17.1 Å². The number of fused-ring (bicyclic) bond motifs is 1. The number of halogens is 1. The van der Waals surface area contributed by atoms with E-state index >= 15 is 0 Å². The molecule has 0 fully saturated rings. The molecular formula is C25H22ClN3O5. The summed E-state index contributed by atoms with van der Waals surface area (Å²) in [5.41, 5.74) is 1.43. The van der Waals surface area contributed by atoms with Crippen LogP contribution in [0, 0.1) is 0 Å². The summed E-state index contributed by atoms with van der Waals surface area (Å²) in [4.78, 5) is 39.1. The van der Waals surface area contributed by atoms with E-state index < -0.39 is 12.0 Å². The minimum Gasteiger partial charge on any atom is -0.482 e. The summed E-state index contributed by atoms with van der Waals surface area (Å²) in [5, 5.41) is 5.89. The normalized spacial score (nSPS) is 14.6. The topological polar surface area (TPSA) is 97.0 Å². The third-order valence-corrected chi connectivity index (χ3v) is 5.32. The molecule has 1 heterocycles. The Bertz CT molecular complexity index is 1220. The molecule has 3 aromatic carbocycles. The van der Waals surface area contributed by atoms with Crippen molar-refractivity contribution in [2.24, 2.45) is 0 Å². The second-order valence-electron chi connectivity index (χ2n) is 7.55. The van der Waals surface area contributed by atoms with E-state index in [2.05, 4.69) is 10.6 Å². The Morgan fingerprint density at radius 2 is 1.68 bits per heavy atom. The lowest BCUT2D eigenvalue weighted by atomic mass is 10.1. The van der Waals surface area contributed by atoms with Crippen LogP contribution in [0.15, 0.2) is 72.8 Å². The van der Waals surface area contributed by atoms with Crippen molar-refractivity contribution in [3.8, 4) is 11.5 Å². The van der Waals surface area contributed by atoms with Gasteiger partial charge in [-0.15, -0.1) is 0 Å². The maximum Gasteiger partial charge on any atom is 0.268 e. The molecule has 0 aromatic heterocycles. The highest BCUT2D eigenvalue weighted by Gasteiger charge is 2.33. The molecule has 1 atom stereocenters. The predicted molar refractivity (Wildman–Crippen MR) is 130 cm³/mol. The van der Waals surface area contributed by atoms with Crippen molar-refractivity contribution in [1.82, 2.24) is 0 Å². The lowest BCUT2D eigenvalue weighted by molar-refractivity contribution is -0.127. The van der Waals surface area contributed by atoms with E-state index in [1.54, 1.807) is 73.7 Å². The summed E-state index contributed by atoms with van der Waals surface area (Å²) in [6.45, 7) is 1.16. The molecule has 9 heteroatoms. The van der Waals surface area contributed by atoms with Crippen molar-refractivity contribution in [2.45, 2.75) is 13.0 Å². The van der Waals surface area contributed by atoms with Gasteiger partial charge in [-0.05, 0) is 49.4 Å². The first-order chi connectivity index (χ1) is 16.4. The number of amides is 3. The van der Waals surface area contributed by atoms with Gasteiger partial charge in [-0.1, -0.05) is 41.9 Å². The number of nitrogens with one attached hydrogen (secondary N) is 2. The standard InChI is InChI=1S/C25H22ClN3O5/c1-16-25(32)29(14-23(30)27-17-7-3-2-4-8-17)20-13-18(11-12-22(20)34-16)28-24(31)15-33-21-10-6-5-9-19(21)26/h2-13,16H,14-15H2,1H3,(H,27,30)(H,28,31). The van der Waals surface area contributed by atoms with Gasteiger partial charge in [0, 0.05) is 11.4 Å². The van der Waals surface area contributed by atoms with E-state index in [0.29, 0.717) is 33.6 Å². The number of anilines is 3. The van der Waals surface area contributed by atoms with Crippen LogP contribution < -0.4 is 25.0 Å². The Hall–Kier alpha value is -4.04. The van der Waals surface area contributed by atoms with Crippen LogP contribution in [0.1, 0.15) is 6.92 Å². The van der Waals surface area contributed by atoms with Crippen LogP contribution in [0.2, 0.25) is 5.02 Å². The quantitative estimate of drug-likeness (QED) is 0.531. The highest BCUT2D eigenvalue weighted by Crippen LogP contribution is 2.36. The van der Waals surface area contributed by atoms with E-state index in [9.17, 15) is 14.4 Å². The maximum atomic E-state index is 12.8. The largest absolute Gasteiger partial charge is 0.482 e. The molecule has 1 unspecified atom stereocenters. The Morgan fingerprint density at radius 1 is 0.971 bits per heavy atom. The molecule has 0 saturated heterocycles. The number of hydrogen-bond acceptors (Lipinski definition) is 5. The van der Waals surface area contributed by atoms with Crippen LogP contribution in [0.5, 0.6) is 11.5 Å². The molecule has 0 spiro atoms. The first-order valence-electron chi connectivity index (χ1n) is 10.5. The van der Waals surface area contributed by atoms with Crippen molar-refractivity contribution >= 4 is 46.4 Å². The molecular weight excluding hydrogens is 458 g/mol. The number of rotatable bonds is 7. The van der Waals surface area contributed by atoms with E-state index in [-0.39, 0.29) is 25.0 Å². The van der Waals surface area contributed by atoms with Crippen LogP contribution in [-0.2, 0) is 14.4 Å². The van der Waals surface area contributed by atoms with Gasteiger partial charge < -0.3 is 20.1 Å². The van der Waals surface area contributed by atoms with Gasteiger partial charge in [0.2, 0.25) is 5.91 Å². The van der Waals surface area contributed by atoms with E-state index in [4.69, 9.17) is 21.1 Å². The second-order valence-corrected chi connectivity index (χ2v) is 7.96. The molecule has 4 rings (SSSR count). The number of ether oxygens (including phenoxy) is 2. The van der Waals surface area contributed by atoms with Crippen LogP contribution in [-0.4, -0.2) is 37.0 Å². The third kappa shape index (κ3) is 5.47. The second kappa shape index (κ2) is 10.3. The molecule has 34 heavy (non-hydrogen) atoms. The zero-order valence-corrected chi connectivity index (χ0v) is 19.0. The molecule has 1 aliphatic heterocycles. The molecule has 2 N–H and O–H groups in total. The van der Waals surface area contributed by atoms with Crippen molar-refractivity contribution in [2.75, 3.05) is 28.7 Å². The van der Waals surface area contributed by atoms with Gasteiger partial charge in [0.05, 0.1) is 10.7 Å². The number of carbonyl (C=O) groups excluding carboxylic acids is 3. The minimum absolute atomic E-state index is 0.207. The maximum absolute atomic E-state index is 12.8. The first-order valence-corrected chi connectivity index (χ1v) is 10.9. The molecule has 0 bridgehead atoms. The van der Waals surface area contributed by atoms with Crippen LogP contribution in [0.25, 0.3) is 0 Å². The lowest BCUT2D eigenvalue weighted by Crippen LogP contribution is -2.47. The van der Waals surface area contributed by atoms with Crippen molar-refractivity contribution in [3.05, 3.63) is 77.8 Å². The van der Waals surface area contributed by atoms with Crippen molar-refractivity contribution in [3.63, 3.8) is 0 Å². The fourth-order valence-electron chi connectivity index (χ4n) is 3.42. The zero-order chi connectivity index (χ0) is 24.1. The van der Waals surface area contributed by atoms with Gasteiger partial charge in [0.15, 0.2) is 12.7 Å². The predicted octanol–water partition coefficient (Wildman–Crippen LogP) is 4.11. The average molecular weight is 480 g/mol. The van der Waals surface area contributed by atoms with E-state index in [1.165, 1.54) is 4.90 Å². The summed E-state index contributed by atoms with van der Waals surface area (Å²) < 4.78 is 11.1. The molecule has 8 nitrogen and oxygen atoms in total. The molecule has 3 aromatic rings. The van der Waals surface area contributed by atoms with E-state index in [1.807, 2.05) is 6.07 Å². The summed E-state index contributed by atoms with van der Waals surface area (Å²) >= 11 is 6.04. The highest BCUT2D eigenvalue weighted by molar-refractivity contribution is 6.32. The van der Waals surface area contributed by atoms with Gasteiger partial charge in [-0.25, -0.2) is 0 Å². The molecule has 0 aliphatic carbocycles. The monoisotopic (exact) mass is 479 g/mol.